The van der Waals surface area contributed by atoms with Crippen LogP contribution in [-0.2, 0) is 6.18 Å². The Balaban J connectivity index is 2.55. The highest BCUT2D eigenvalue weighted by Gasteiger charge is 2.31. The Labute approximate surface area is 106 Å². The van der Waals surface area contributed by atoms with Gasteiger partial charge >= 0.3 is 6.18 Å². The zero-order chi connectivity index (χ0) is 13.3. The summed E-state index contributed by atoms with van der Waals surface area (Å²) in [6.45, 7) is 1.80. The first-order valence-corrected chi connectivity index (χ1v) is 5.41. The second kappa shape index (κ2) is 4.57. The van der Waals surface area contributed by atoms with Gasteiger partial charge in [0.1, 0.15) is 5.15 Å². The fourth-order valence-corrected chi connectivity index (χ4v) is 1.71. The van der Waals surface area contributed by atoms with E-state index in [0.717, 1.165) is 17.7 Å². The molecule has 0 N–H and O–H groups in total. The molecule has 2 rings (SSSR count). The summed E-state index contributed by atoms with van der Waals surface area (Å²) in [4.78, 5) is 7.80. The Hall–Kier alpha value is -1.62. The summed E-state index contributed by atoms with van der Waals surface area (Å²) in [7, 11) is 0. The molecule has 6 heteroatoms. The number of aryl methyl sites for hydroxylation is 1. The van der Waals surface area contributed by atoms with Crippen LogP contribution in [0, 0.1) is 6.92 Å². The number of aromatic nitrogens is 2. The molecule has 0 unspecified atom stereocenters. The van der Waals surface area contributed by atoms with Crippen molar-refractivity contribution in [1.82, 2.24) is 9.97 Å². The van der Waals surface area contributed by atoms with Crippen molar-refractivity contribution in [3.05, 3.63) is 46.9 Å². The second-order valence-electron chi connectivity index (χ2n) is 3.81. The third kappa shape index (κ3) is 2.79. The lowest BCUT2D eigenvalue weighted by Crippen LogP contribution is -2.05. The fraction of sp³-hybridized carbons (Fsp3) is 0.167. The molecule has 0 saturated heterocycles. The van der Waals surface area contributed by atoms with Crippen LogP contribution in [0.25, 0.3) is 11.3 Å². The highest BCUT2D eigenvalue weighted by atomic mass is 35.5. The van der Waals surface area contributed by atoms with Gasteiger partial charge in [0.25, 0.3) is 0 Å². The quantitative estimate of drug-likeness (QED) is 0.730. The maximum absolute atomic E-state index is 12.6. The standard InChI is InChI=1S/C12H8ClF3N2/c1-7-2-8(6-17-5-7)10-3-9(12(14,15)16)4-11(13)18-10/h2-6H,1H3. The molecule has 0 spiro atoms. The summed E-state index contributed by atoms with van der Waals surface area (Å²) in [6, 6.07) is 3.46. The van der Waals surface area contributed by atoms with Gasteiger partial charge in [0.15, 0.2) is 0 Å². The molecule has 0 aliphatic heterocycles. The molecule has 0 amide bonds. The number of hydrogen-bond acceptors (Lipinski definition) is 2. The van der Waals surface area contributed by atoms with Crippen molar-refractivity contribution in [2.45, 2.75) is 13.1 Å². The van der Waals surface area contributed by atoms with Crippen molar-refractivity contribution in [2.24, 2.45) is 0 Å². The van der Waals surface area contributed by atoms with E-state index in [9.17, 15) is 13.2 Å². The molecule has 2 heterocycles. The minimum absolute atomic E-state index is 0.158. The van der Waals surface area contributed by atoms with Crippen molar-refractivity contribution >= 4 is 11.6 Å². The van der Waals surface area contributed by atoms with Crippen LogP contribution in [0.15, 0.2) is 30.6 Å². The van der Waals surface area contributed by atoms with Crippen molar-refractivity contribution < 1.29 is 13.2 Å². The van der Waals surface area contributed by atoms with E-state index in [1.165, 1.54) is 6.20 Å². The Morgan fingerprint density at radius 3 is 2.44 bits per heavy atom. The molecule has 0 atom stereocenters. The minimum atomic E-state index is -4.45. The first kappa shape index (κ1) is 12.8. The predicted octanol–water partition coefficient (Wildman–Crippen LogP) is 4.12. The topological polar surface area (TPSA) is 25.8 Å². The van der Waals surface area contributed by atoms with E-state index < -0.39 is 11.7 Å². The number of rotatable bonds is 1. The number of pyridine rings is 2. The van der Waals surface area contributed by atoms with E-state index in [1.807, 2.05) is 0 Å². The van der Waals surface area contributed by atoms with Crippen molar-refractivity contribution in [1.29, 1.82) is 0 Å². The molecular weight excluding hydrogens is 265 g/mol. The van der Waals surface area contributed by atoms with Gasteiger partial charge in [0.2, 0.25) is 0 Å². The van der Waals surface area contributed by atoms with Crippen LogP contribution in [0.2, 0.25) is 5.15 Å². The SMILES string of the molecule is Cc1cncc(-c2cc(C(F)(F)F)cc(Cl)n2)c1. The fourth-order valence-electron chi connectivity index (χ4n) is 1.50. The molecular formula is C12H8ClF3N2. The maximum Gasteiger partial charge on any atom is 0.416 e. The van der Waals surface area contributed by atoms with E-state index in [4.69, 9.17) is 11.6 Å². The van der Waals surface area contributed by atoms with Gasteiger partial charge in [0, 0.05) is 18.0 Å². The third-order valence-electron chi connectivity index (χ3n) is 2.29. The molecule has 94 valence electrons. The Kier molecular flexibility index (Phi) is 3.26. The molecule has 0 saturated carbocycles. The summed E-state index contributed by atoms with van der Waals surface area (Å²) < 4.78 is 37.9. The van der Waals surface area contributed by atoms with E-state index in [2.05, 4.69) is 9.97 Å². The van der Waals surface area contributed by atoms with Crippen LogP contribution in [-0.4, -0.2) is 9.97 Å². The van der Waals surface area contributed by atoms with Gasteiger partial charge in [-0.1, -0.05) is 11.6 Å². The number of halogens is 4. The summed E-state index contributed by atoms with van der Waals surface area (Å²) in [5.41, 5.74) is 0.677. The average molecular weight is 273 g/mol. The second-order valence-corrected chi connectivity index (χ2v) is 4.20. The average Bonchev–Trinajstić information content (AvgIpc) is 2.27. The van der Waals surface area contributed by atoms with E-state index in [-0.39, 0.29) is 10.8 Å². The molecule has 0 aromatic carbocycles. The lowest BCUT2D eigenvalue weighted by atomic mass is 10.1. The largest absolute Gasteiger partial charge is 0.416 e. The van der Waals surface area contributed by atoms with Gasteiger partial charge in [0.05, 0.1) is 11.3 Å². The molecule has 0 bridgehead atoms. The van der Waals surface area contributed by atoms with Gasteiger partial charge in [-0.3, -0.25) is 4.98 Å². The molecule has 2 aromatic heterocycles. The van der Waals surface area contributed by atoms with Crippen LogP contribution in [0.5, 0.6) is 0 Å². The summed E-state index contributed by atoms with van der Waals surface area (Å²) in [5, 5.41) is -0.193. The smallest absolute Gasteiger partial charge is 0.264 e. The summed E-state index contributed by atoms with van der Waals surface area (Å²) in [5.74, 6) is 0. The first-order valence-electron chi connectivity index (χ1n) is 5.03. The molecule has 18 heavy (non-hydrogen) atoms. The van der Waals surface area contributed by atoms with Crippen LogP contribution >= 0.6 is 11.6 Å². The van der Waals surface area contributed by atoms with Crippen LogP contribution in [0.3, 0.4) is 0 Å². The number of hydrogen-bond donors (Lipinski definition) is 0. The molecule has 0 aliphatic carbocycles. The maximum atomic E-state index is 12.6. The van der Waals surface area contributed by atoms with Gasteiger partial charge < -0.3 is 0 Å². The molecule has 0 radical (unpaired) electrons. The third-order valence-corrected chi connectivity index (χ3v) is 2.49. The van der Waals surface area contributed by atoms with Gasteiger partial charge in [-0.05, 0) is 30.7 Å². The Morgan fingerprint density at radius 1 is 1.11 bits per heavy atom. The lowest BCUT2D eigenvalue weighted by molar-refractivity contribution is -0.137. The van der Waals surface area contributed by atoms with Gasteiger partial charge in [-0.2, -0.15) is 13.2 Å². The van der Waals surface area contributed by atoms with Crippen molar-refractivity contribution in [3.63, 3.8) is 0 Å². The van der Waals surface area contributed by atoms with E-state index >= 15 is 0 Å². The molecule has 2 nitrogen and oxygen atoms in total. The monoisotopic (exact) mass is 272 g/mol. The van der Waals surface area contributed by atoms with E-state index in [0.29, 0.717) is 5.56 Å². The molecule has 2 aromatic rings. The minimum Gasteiger partial charge on any atom is -0.264 e. The molecule has 0 aliphatic rings. The predicted molar refractivity (Wildman–Crippen MR) is 62.2 cm³/mol. The molecule has 0 fully saturated rings. The lowest BCUT2D eigenvalue weighted by Gasteiger charge is -2.09. The van der Waals surface area contributed by atoms with E-state index in [1.54, 1.807) is 19.2 Å². The zero-order valence-corrected chi connectivity index (χ0v) is 10.0. The highest BCUT2D eigenvalue weighted by Crippen LogP contribution is 2.33. The van der Waals surface area contributed by atoms with Crippen LogP contribution in [0.4, 0.5) is 13.2 Å². The summed E-state index contributed by atoms with van der Waals surface area (Å²) in [6.07, 6.45) is -1.39. The normalized spacial score (nSPS) is 11.6. The van der Waals surface area contributed by atoms with Crippen LogP contribution in [0.1, 0.15) is 11.1 Å². The van der Waals surface area contributed by atoms with Crippen molar-refractivity contribution in [3.8, 4) is 11.3 Å². The van der Waals surface area contributed by atoms with Gasteiger partial charge in [-0.25, -0.2) is 4.98 Å². The Morgan fingerprint density at radius 2 is 1.83 bits per heavy atom. The Bertz CT molecular complexity index is 582. The van der Waals surface area contributed by atoms with Crippen LogP contribution < -0.4 is 0 Å². The van der Waals surface area contributed by atoms with Gasteiger partial charge in [-0.15, -0.1) is 0 Å². The highest BCUT2D eigenvalue weighted by molar-refractivity contribution is 6.29. The zero-order valence-electron chi connectivity index (χ0n) is 9.29. The summed E-state index contributed by atoms with van der Waals surface area (Å²) >= 11 is 5.61. The first-order chi connectivity index (χ1) is 8.36. The van der Waals surface area contributed by atoms with Crippen molar-refractivity contribution in [2.75, 3.05) is 0 Å². The number of nitrogens with zero attached hydrogens (tertiary/aromatic N) is 2. The number of alkyl halides is 3.